The van der Waals surface area contributed by atoms with Crippen molar-refractivity contribution in [2.45, 2.75) is 31.3 Å². The molecule has 3 aromatic rings. The normalized spacial score (nSPS) is 16.7. The third-order valence-corrected chi connectivity index (χ3v) is 5.45. The summed E-state index contributed by atoms with van der Waals surface area (Å²) in [4.78, 5) is 39.4. The average molecular weight is 419 g/mol. The van der Waals surface area contributed by atoms with Gasteiger partial charge in [0.2, 0.25) is 5.91 Å². The van der Waals surface area contributed by atoms with Crippen LogP contribution in [0.15, 0.2) is 60.9 Å². The molecule has 1 saturated heterocycles. The Balaban J connectivity index is 1.54. The van der Waals surface area contributed by atoms with Crippen LogP contribution in [0.4, 0.5) is 4.79 Å². The van der Waals surface area contributed by atoms with Crippen LogP contribution in [-0.2, 0) is 16.0 Å². The maximum atomic E-state index is 13.4. The SMILES string of the molecule is COC(=O)N[C@@H](Cc1ccccn1)C(=O)N1CCC[C@H]1c1ncc(-c2ccccc2)[nH]1. The first-order chi connectivity index (χ1) is 15.2. The zero-order valence-electron chi connectivity index (χ0n) is 17.3. The molecule has 2 aromatic heterocycles. The van der Waals surface area contributed by atoms with E-state index in [1.54, 1.807) is 17.3 Å². The third-order valence-electron chi connectivity index (χ3n) is 5.45. The number of benzene rings is 1. The second kappa shape index (κ2) is 9.42. The molecular weight excluding hydrogens is 394 g/mol. The molecule has 2 N–H and O–H groups in total. The van der Waals surface area contributed by atoms with Crippen molar-refractivity contribution >= 4 is 12.0 Å². The zero-order chi connectivity index (χ0) is 21.6. The molecule has 8 heteroatoms. The van der Waals surface area contributed by atoms with E-state index in [0.717, 1.165) is 35.6 Å². The van der Waals surface area contributed by atoms with Gasteiger partial charge in [0.15, 0.2) is 0 Å². The van der Waals surface area contributed by atoms with Crippen LogP contribution in [0.5, 0.6) is 0 Å². The standard InChI is InChI=1S/C23H25N5O3/c1-31-23(30)27-18(14-17-10-5-6-12-24-17)22(29)28-13-7-11-20(28)21-25-15-19(26-21)16-8-3-2-4-9-16/h2-6,8-10,12,15,18,20H,7,11,13-14H2,1H3,(H,25,26)(H,27,30)/t18-,20-/m0/s1. The molecular formula is C23H25N5O3. The van der Waals surface area contributed by atoms with Crippen LogP contribution in [0.2, 0.25) is 0 Å². The number of carbonyl (C=O) groups is 2. The summed E-state index contributed by atoms with van der Waals surface area (Å²) >= 11 is 0. The number of rotatable bonds is 6. The van der Waals surface area contributed by atoms with E-state index in [2.05, 4.69) is 20.3 Å². The molecule has 4 rings (SSSR count). The number of methoxy groups -OCH3 is 1. The molecule has 0 spiro atoms. The van der Waals surface area contributed by atoms with Gasteiger partial charge in [-0.25, -0.2) is 9.78 Å². The van der Waals surface area contributed by atoms with Gasteiger partial charge in [-0.2, -0.15) is 0 Å². The number of likely N-dealkylation sites (tertiary alicyclic amines) is 1. The molecule has 0 aliphatic carbocycles. The maximum Gasteiger partial charge on any atom is 0.407 e. The highest BCUT2D eigenvalue weighted by molar-refractivity contribution is 5.86. The van der Waals surface area contributed by atoms with Gasteiger partial charge in [-0.1, -0.05) is 36.4 Å². The number of pyridine rings is 1. The van der Waals surface area contributed by atoms with Gasteiger partial charge in [0, 0.05) is 24.9 Å². The van der Waals surface area contributed by atoms with E-state index in [-0.39, 0.29) is 18.4 Å². The number of nitrogens with zero attached hydrogens (tertiary/aromatic N) is 3. The summed E-state index contributed by atoms with van der Waals surface area (Å²) in [5.41, 5.74) is 2.67. The predicted molar refractivity (Wildman–Crippen MR) is 115 cm³/mol. The summed E-state index contributed by atoms with van der Waals surface area (Å²) in [5, 5.41) is 2.67. The molecule has 0 unspecified atom stereocenters. The van der Waals surface area contributed by atoms with Gasteiger partial charge in [-0.05, 0) is 30.5 Å². The number of aromatic amines is 1. The fourth-order valence-electron chi connectivity index (χ4n) is 3.91. The highest BCUT2D eigenvalue weighted by Crippen LogP contribution is 2.32. The lowest BCUT2D eigenvalue weighted by Gasteiger charge is -2.28. The Morgan fingerprint density at radius 2 is 2.00 bits per heavy atom. The molecule has 1 aromatic carbocycles. The Bertz CT molecular complexity index is 1020. The van der Waals surface area contributed by atoms with Gasteiger partial charge in [0.1, 0.15) is 11.9 Å². The first kappa shape index (κ1) is 20.6. The van der Waals surface area contributed by atoms with Gasteiger partial charge < -0.3 is 19.9 Å². The molecule has 160 valence electrons. The lowest BCUT2D eigenvalue weighted by atomic mass is 10.1. The van der Waals surface area contributed by atoms with E-state index < -0.39 is 12.1 Å². The number of hydrogen-bond donors (Lipinski definition) is 2. The summed E-state index contributed by atoms with van der Waals surface area (Å²) in [6.07, 6.45) is 4.78. The van der Waals surface area contributed by atoms with E-state index in [9.17, 15) is 9.59 Å². The summed E-state index contributed by atoms with van der Waals surface area (Å²) in [6.45, 7) is 0.604. The van der Waals surface area contributed by atoms with Crippen LogP contribution in [0.25, 0.3) is 11.3 Å². The number of alkyl carbamates (subject to hydrolysis) is 1. The van der Waals surface area contributed by atoms with Gasteiger partial charge in [0.25, 0.3) is 0 Å². The molecule has 1 fully saturated rings. The molecule has 0 radical (unpaired) electrons. The van der Waals surface area contributed by atoms with Crippen molar-refractivity contribution in [1.82, 2.24) is 25.2 Å². The molecule has 1 aliphatic heterocycles. The number of H-pyrrole nitrogens is 1. The van der Waals surface area contributed by atoms with Crippen molar-refractivity contribution in [2.75, 3.05) is 13.7 Å². The minimum atomic E-state index is -0.772. The summed E-state index contributed by atoms with van der Waals surface area (Å²) in [5.74, 6) is 0.579. The quantitative estimate of drug-likeness (QED) is 0.639. The number of imidazole rings is 1. The number of nitrogens with one attached hydrogen (secondary N) is 2. The Morgan fingerprint density at radius 1 is 1.19 bits per heavy atom. The second-order valence-corrected chi connectivity index (χ2v) is 7.45. The first-order valence-corrected chi connectivity index (χ1v) is 10.3. The van der Waals surface area contributed by atoms with Gasteiger partial charge in [-0.15, -0.1) is 0 Å². The van der Waals surface area contributed by atoms with Crippen molar-refractivity contribution in [1.29, 1.82) is 0 Å². The third kappa shape index (κ3) is 4.74. The maximum absolute atomic E-state index is 13.4. The van der Waals surface area contributed by atoms with Crippen LogP contribution in [0, 0.1) is 0 Å². The molecule has 2 amide bonds. The van der Waals surface area contributed by atoms with E-state index >= 15 is 0 Å². The highest BCUT2D eigenvalue weighted by Gasteiger charge is 2.36. The summed E-state index contributed by atoms with van der Waals surface area (Å²) in [6, 6.07) is 14.5. The Hall–Kier alpha value is -3.68. The first-order valence-electron chi connectivity index (χ1n) is 10.3. The van der Waals surface area contributed by atoms with E-state index in [0.29, 0.717) is 6.54 Å². The van der Waals surface area contributed by atoms with Gasteiger partial charge in [-0.3, -0.25) is 9.78 Å². The van der Waals surface area contributed by atoms with Crippen LogP contribution in [0.3, 0.4) is 0 Å². The Kier molecular flexibility index (Phi) is 6.26. The van der Waals surface area contributed by atoms with Crippen molar-refractivity contribution < 1.29 is 14.3 Å². The van der Waals surface area contributed by atoms with E-state index in [1.165, 1.54) is 7.11 Å². The van der Waals surface area contributed by atoms with Crippen LogP contribution >= 0.6 is 0 Å². The van der Waals surface area contributed by atoms with Gasteiger partial charge in [0.05, 0.1) is 25.0 Å². The molecule has 0 bridgehead atoms. The molecule has 8 nitrogen and oxygen atoms in total. The van der Waals surface area contributed by atoms with Crippen molar-refractivity contribution in [3.63, 3.8) is 0 Å². The highest BCUT2D eigenvalue weighted by atomic mass is 16.5. The summed E-state index contributed by atoms with van der Waals surface area (Å²) in [7, 11) is 1.28. The molecule has 0 saturated carbocycles. The van der Waals surface area contributed by atoms with Crippen LogP contribution in [0.1, 0.15) is 30.4 Å². The van der Waals surface area contributed by atoms with Gasteiger partial charge >= 0.3 is 6.09 Å². The Labute approximate surface area is 180 Å². The molecule has 2 atom stereocenters. The zero-order valence-corrected chi connectivity index (χ0v) is 17.3. The summed E-state index contributed by atoms with van der Waals surface area (Å²) < 4.78 is 4.74. The minimum absolute atomic E-state index is 0.170. The van der Waals surface area contributed by atoms with Crippen molar-refractivity contribution in [3.8, 4) is 11.3 Å². The topological polar surface area (TPSA) is 100 Å². The van der Waals surface area contributed by atoms with Crippen molar-refractivity contribution in [3.05, 3.63) is 72.4 Å². The number of aromatic nitrogens is 3. The predicted octanol–water partition coefficient (Wildman–Crippen LogP) is 3.10. The minimum Gasteiger partial charge on any atom is -0.453 e. The lowest BCUT2D eigenvalue weighted by Crippen LogP contribution is -2.49. The van der Waals surface area contributed by atoms with E-state index in [4.69, 9.17) is 4.74 Å². The number of amides is 2. The fraction of sp³-hybridized carbons (Fsp3) is 0.304. The average Bonchev–Trinajstić information content (AvgIpc) is 3.49. The lowest BCUT2D eigenvalue weighted by molar-refractivity contribution is -0.134. The Morgan fingerprint density at radius 3 is 2.74 bits per heavy atom. The molecule has 1 aliphatic rings. The van der Waals surface area contributed by atoms with Crippen molar-refractivity contribution in [2.24, 2.45) is 0 Å². The second-order valence-electron chi connectivity index (χ2n) is 7.45. The van der Waals surface area contributed by atoms with Crippen LogP contribution in [-0.4, -0.2) is 51.5 Å². The molecule has 3 heterocycles. The molecule has 31 heavy (non-hydrogen) atoms. The fourth-order valence-corrected chi connectivity index (χ4v) is 3.91. The largest absolute Gasteiger partial charge is 0.453 e. The number of carbonyl (C=O) groups excluding carboxylic acids is 2. The number of hydrogen-bond acceptors (Lipinski definition) is 5. The van der Waals surface area contributed by atoms with Crippen LogP contribution < -0.4 is 5.32 Å². The number of ether oxygens (including phenoxy) is 1. The monoisotopic (exact) mass is 419 g/mol. The smallest absolute Gasteiger partial charge is 0.407 e. The van der Waals surface area contributed by atoms with E-state index in [1.807, 2.05) is 48.5 Å².